The summed E-state index contributed by atoms with van der Waals surface area (Å²) < 4.78 is 0. The van der Waals surface area contributed by atoms with Gasteiger partial charge in [0, 0.05) is 24.3 Å². The maximum absolute atomic E-state index is 11.3. The number of anilines is 1. The number of aromatic carboxylic acids is 1. The van der Waals surface area contributed by atoms with Crippen LogP contribution in [0.4, 0.5) is 11.4 Å². The molecule has 0 saturated carbocycles. The van der Waals surface area contributed by atoms with Crippen LogP contribution in [0, 0.1) is 10.1 Å². The average Bonchev–Trinajstić information content (AvgIpc) is 2.36. The Kier molecular flexibility index (Phi) is 4.51. The van der Waals surface area contributed by atoms with E-state index in [1.54, 1.807) is 0 Å². The molecule has 0 radical (unpaired) electrons. The van der Waals surface area contributed by atoms with Crippen LogP contribution >= 0.6 is 0 Å². The zero-order valence-electron chi connectivity index (χ0n) is 9.77. The van der Waals surface area contributed by atoms with Crippen molar-refractivity contribution in [3.05, 3.63) is 46.0 Å². The van der Waals surface area contributed by atoms with E-state index in [9.17, 15) is 24.5 Å². The number of non-ortho nitro benzene ring substituents is 1. The van der Waals surface area contributed by atoms with Crippen molar-refractivity contribution in [3.63, 3.8) is 0 Å². The van der Waals surface area contributed by atoms with E-state index in [-0.39, 0.29) is 5.69 Å². The molecule has 9 heteroatoms. The Labute approximate surface area is 111 Å². The minimum atomic E-state index is -1.47. The number of amides is 1. The third-order valence-electron chi connectivity index (χ3n) is 2.08. The Morgan fingerprint density at radius 3 is 2.35 bits per heavy atom. The second-order valence-electron chi connectivity index (χ2n) is 3.45. The number of nitrogens with zero attached hydrogens (tertiary/aromatic N) is 1. The number of hydrogen-bond donors (Lipinski definition) is 3. The summed E-state index contributed by atoms with van der Waals surface area (Å²) >= 11 is 0. The van der Waals surface area contributed by atoms with Crippen molar-refractivity contribution >= 4 is 29.2 Å². The summed E-state index contributed by atoms with van der Waals surface area (Å²) in [6.07, 6.45) is 1.26. The fourth-order valence-electron chi connectivity index (χ4n) is 1.25. The highest BCUT2D eigenvalue weighted by Crippen LogP contribution is 2.22. The molecule has 0 unspecified atom stereocenters. The number of carboxylic acid groups (broad SMARTS) is 2. The summed E-state index contributed by atoms with van der Waals surface area (Å²) in [5.74, 6) is -3.68. The molecule has 0 aromatic heterocycles. The van der Waals surface area contributed by atoms with Crippen LogP contribution in [0.2, 0.25) is 0 Å². The number of nitrogens with one attached hydrogen (secondary N) is 1. The fraction of sp³-hybridized carbons (Fsp3) is 0. The number of carboxylic acids is 2. The topological polar surface area (TPSA) is 147 Å². The second-order valence-corrected chi connectivity index (χ2v) is 3.45. The SMILES string of the molecule is O=C(O)C=CC(=O)Nc1ccc([N+](=O)[O-])cc1C(=O)O. The molecule has 1 rings (SSSR count). The number of nitro benzene ring substituents is 1. The van der Waals surface area contributed by atoms with E-state index >= 15 is 0 Å². The van der Waals surface area contributed by atoms with Crippen molar-refractivity contribution in [3.8, 4) is 0 Å². The summed E-state index contributed by atoms with van der Waals surface area (Å²) in [5, 5.41) is 29.9. The zero-order chi connectivity index (χ0) is 15.3. The second kappa shape index (κ2) is 6.09. The first kappa shape index (κ1) is 14.8. The number of carbonyl (C=O) groups is 3. The number of hydrogen-bond acceptors (Lipinski definition) is 5. The first-order chi connectivity index (χ1) is 9.31. The van der Waals surface area contributed by atoms with Crippen LogP contribution in [0.25, 0.3) is 0 Å². The van der Waals surface area contributed by atoms with Gasteiger partial charge in [-0.1, -0.05) is 0 Å². The van der Waals surface area contributed by atoms with Gasteiger partial charge in [-0.3, -0.25) is 14.9 Å². The van der Waals surface area contributed by atoms with Crippen LogP contribution in [0.3, 0.4) is 0 Å². The molecule has 0 heterocycles. The lowest BCUT2D eigenvalue weighted by atomic mass is 10.1. The van der Waals surface area contributed by atoms with Gasteiger partial charge in [0.1, 0.15) is 0 Å². The van der Waals surface area contributed by atoms with Crippen LogP contribution in [-0.2, 0) is 9.59 Å². The lowest BCUT2D eigenvalue weighted by Crippen LogP contribution is -2.12. The largest absolute Gasteiger partial charge is 0.478 e. The summed E-state index contributed by atoms with van der Waals surface area (Å²) in [4.78, 5) is 42.3. The third-order valence-corrected chi connectivity index (χ3v) is 2.08. The first-order valence-corrected chi connectivity index (χ1v) is 5.05. The summed E-state index contributed by atoms with van der Waals surface area (Å²) in [6.45, 7) is 0. The Morgan fingerprint density at radius 1 is 1.20 bits per heavy atom. The van der Waals surface area contributed by atoms with E-state index < -0.39 is 34.0 Å². The van der Waals surface area contributed by atoms with Crippen molar-refractivity contribution in [2.24, 2.45) is 0 Å². The molecule has 0 fully saturated rings. The Morgan fingerprint density at radius 2 is 1.85 bits per heavy atom. The standard InChI is InChI=1S/C11H8N2O7/c14-9(3-4-10(15)16)12-8-2-1-6(13(19)20)5-7(8)11(17)18/h1-5H,(H,12,14)(H,15,16)(H,17,18). The molecule has 0 aliphatic heterocycles. The molecule has 0 atom stereocenters. The average molecular weight is 280 g/mol. The van der Waals surface area contributed by atoms with Crippen molar-refractivity contribution < 1.29 is 29.5 Å². The highest BCUT2D eigenvalue weighted by atomic mass is 16.6. The highest BCUT2D eigenvalue weighted by Gasteiger charge is 2.16. The molecule has 1 aromatic carbocycles. The van der Waals surface area contributed by atoms with E-state index in [1.807, 2.05) is 0 Å². The maximum Gasteiger partial charge on any atom is 0.338 e. The van der Waals surface area contributed by atoms with Gasteiger partial charge >= 0.3 is 11.9 Å². The molecule has 0 aliphatic rings. The van der Waals surface area contributed by atoms with Gasteiger partial charge in [0.25, 0.3) is 5.69 Å². The smallest absolute Gasteiger partial charge is 0.338 e. The van der Waals surface area contributed by atoms with Crippen LogP contribution < -0.4 is 5.32 Å². The van der Waals surface area contributed by atoms with E-state index in [2.05, 4.69) is 5.32 Å². The van der Waals surface area contributed by atoms with Gasteiger partial charge in [-0.15, -0.1) is 0 Å². The third kappa shape index (κ3) is 3.91. The highest BCUT2D eigenvalue weighted by molar-refractivity contribution is 6.06. The fourth-order valence-corrected chi connectivity index (χ4v) is 1.25. The van der Waals surface area contributed by atoms with Crippen LogP contribution in [-0.4, -0.2) is 33.0 Å². The number of benzene rings is 1. The quantitative estimate of drug-likeness (QED) is 0.411. The van der Waals surface area contributed by atoms with Crippen LogP contribution in [0.15, 0.2) is 30.4 Å². The minimum absolute atomic E-state index is 0.178. The lowest BCUT2D eigenvalue weighted by molar-refractivity contribution is -0.384. The molecular formula is C11H8N2O7. The van der Waals surface area contributed by atoms with Crippen molar-refractivity contribution in [1.82, 2.24) is 0 Å². The van der Waals surface area contributed by atoms with Crippen molar-refractivity contribution in [2.45, 2.75) is 0 Å². The molecule has 104 valence electrons. The van der Waals surface area contributed by atoms with E-state index in [0.29, 0.717) is 12.2 Å². The van der Waals surface area contributed by atoms with Gasteiger partial charge in [-0.25, -0.2) is 9.59 Å². The van der Waals surface area contributed by atoms with Gasteiger partial charge in [-0.2, -0.15) is 0 Å². The Hall–Kier alpha value is -3.23. The summed E-state index contributed by atoms with van der Waals surface area (Å²) in [6, 6.07) is 2.86. The van der Waals surface area contributed by atoms with Gasteiger partial charge in [-0.05, 0) is 6.07 Å². The van der Waals surface area contributed by atoms with E-state index in [4.69, 9.17) is 10.2 Å². The molecular weight excluding hydrogens is 272 g/mol. The molecule has 9 nitrogen and oxygen atoms in total. The number of nitro groups is 1. The predicted molar refractivity (Wildman–Crippen MR) is 65.5 cm³/mol. The lowest BCUT2D eigenvalue weighted by Gasteiger charge is -2.06. The van der Waals surface area contributed by atoms with Gasteiger partial charge in [0.15, 0.2) is 0 Å². The normalized spacial score (nSPS) is 10.2. The molecule has 0 aliphatic carbocycles. The Balaban J connectivity index is 3.06. The van der Waals surface area contributed by atoms with Crippen molar-refractivity contribution in [1.29, 1.82) is 0 Å². The minimum Gasteiger partial charge on any atom is -0.478 e. The predicted octanol–water partition coefficient (Wildman–Crippen LogP) is 0.872. The first-order valence-electron chi connectivity index (χ1n) is 5.05. The zero-order valence-corrected chi connectivity index (χ0v) is 9.77. The van der Waals surface area contributed by atoms with Gasteiger partial charge in [0.05, 0.1) is 16.2 Å². The summed E-state index contributed by atoms with van der Waals surface area (Å²) in [5.41, 5.74) is -1.10. The molecule has 20 heavy (non-hydrogen) atoms. The molecule has 3 N–H and O–H groups in total. The maximum atomic E-state index is 11.3. The molecule has 0 saturated heterocycles. The van der Waals surface area contributed by atoms with Crippen molar-refractivity contribution in [2.75, 3.05) is 5.32 Å². The van der Waals surface area contributed by atoms with Crippen LogP contribution in [0.1, 0.15) is 10.4 Å². The van der Waals surface area contributed by atoms with Gasteiger partial charge < -0.3 is 15.5 Å². The number of rotatable bonds is 5. The van der Waals surface area contributed by atoms with E-state index in [0.717, 1.165) is 18.2 Å². The monoisotopic (exact) mass is 280 g/mol. The van der Waals surface area contributed by atoms with Crippen LogP contribution in [0.5, 0.6) is 0 Å². The molecule has 0 bridgehead atoms. The number of carbonyl (C=O) groups excluding carboxylic acids is 1. The molecule has 1 amide bonds. The summed E-state index contributed by atoms with van der Waals surface area (Å²) in [7, 11) is 0. The van der Waals surface area contributed by atoms with E-state index in [1.165, 1.54) is 0 Å². The Bertz CT molecular complexity index is 621. The molecule has 1 aromatic rings. The molecule has 0 spiro atoms. The van der Waals surface area contributed by atoms with Gasteiger partial charge in [0.2, 0.25) is 5.91 Å². The number of aliphatic carboxylic acids is 1.